The number of rotatable bonds is 4. The minimum atomic E-state index is 0.405. The monoisotopic (exact) mass is 142 g/mol. The molecular formula is C8H19BO. The Morgan fingerprint density at radius 1 is 1.30 bits per heavy atom. The lowest BCUT2D eigenvalue weighted by Crippen LogP contribution is -2.18. The van der Waals surface area contributed by atoms with E-state index in [2.05, 4.69) is 27.6 Å². The summed E-state index contributed by atoms with van der Waals surface area (Å²) in [5, 5.41) is 0. The lowest BCUT2D eigenvalue weighted by molar-refractivity contribution is 0.402. The third kappa shape index (κ3) is 3.94. The average molecular weight is 142 g/mol. The summed E-state index contributed by atoms with van der Waals surface area (Å²) < 4.78 is 5.21. The molecular weight excluding hydrogens is 123 g/mol. The van der Waals surface area contributed by atoms with Crippen molar-refractivity contribution in [2.75, 3.05) is 7.11 Å². The molecule has 60 valence electrons. The topological polar surface area (TPSA) is 9.23 Å². The van der Waals surface area contributed by atoms with Crippen molar-refractivity contribution in [3.63, 3.8) is 0 Å². The van der Waals surface area contributed by atoms with Crippen LogP contribution in [0.15, 0.2) is 0 Å². The fourth-order valence-corrected chi connectivity index (χ4v) is 1.17. The van der Waals surface area contributed by atoms with Crippen molar-refractivity contribution in [3.05, 3.63) is 0 Å². The second kappa shape index (κ2) is 4.78. The van der Waals surface area contributed by atoms with Crippen molar-refractivity contribution in [3.8, 4) is 0 Å². The van der Waals surface area contributed by atoms with Gasteiger partial charge >= 0.3 is 0 Å². The quantitative estimate of drug-likeness (QED) is 0.548. The Labute approximate surface area is 65.3 Å². The molecule has 0 aromatic rings. The predicted molar refractivity (Wildman–Crippen MR) is 47.5 cm³/mol. The van der Waals surface area contributed by atoms with Crippen LogP contribution in [0.1, 0.15) is 27.2 Å². The van der Waals surface area contributed by atoms with Gasteiger partial charge in [0.15, 0.2) is 0 Å². The molecule has 0 heterocycles. The van der Waals surface area contributed by atoms with Crippen molar-refractivity contribution in [2.24, 2.45) is 5.92 Å². The van der Waals surface area contributed by atoms with E-state index in [1.165, 1.54) is 6.42 Å². The third-order valence-electron chi connectivity index (χ3n) is 2.02. The van der Waals surface area contributed by atoms with Gasteiger partial charge in [-0.05, 0) is 11.7 Å². The summed E-state index contributed by atoms with van der Waals surface area (Å²) >= 11 is 0. The minimum Gasteiger partial charge on any atom is -0.439 e. The molecule has 10 heavy (non-hydrogen) atoms. The Hall–Kier alpha value is 0.0249. The van der Waals surface area contributed by atoms with Crippen molar-refractivity contribution in [2.45, 2.75) is 39.8 Å². The van der Waals surface area contributed by atoms with E-state index in [9.17, 15) is 0 Å². The maximum atomic E-state index is 5.21. The Balaban J connectivity index is 3.50. The first-order chi connectivity index (χ1) is 4.57. The second-order valence-corrected chi connectivity index (χ2v) is 3.55. The second-order valence-electron chi connectivity index (χ2n) is 3.55. The molecule has 0 aliphatic heterocycles. The van der Waals surface area contributed by atoms with Gasteiger partial charge in [0, 0.05) is 7.11 Å². The fourth-order valence-electron chi connectivity index (χ4n) is 1.17. The normalized spacial score (nSPS) is 13.8. The molecule has 0 aromatic heterocycles. The van der Waals surface area contributed by atoms with Crippen LogP contribution in [0.5, 0.6) is 0 Å². The molecule has 0 saturated carbocycles. The van der Waals surface area contributed by atoms with E-state index in [-0.39, 0.29) is 0 Å². The highest BCUT2D eigenvalue weighted by atomic mass is 16.4. The Morgan fingerprint density at radius 3 is 2.10 bits per heavy atom. The molecule has 0 saturated heterocycles. The van der Waals surface area contributed by atoms with Gasteiger partial charge in [-0.25, -0.2) is 0 Å². The van der Waals surface area contributed by atoms with Crippen LogP contribution in [-0.2, 0) is 4.65 Å². The smallest absolute Gasteiger partial charge is 0.292 e. The molecule has 0 N–H and O–H groups in total. The molecule has 0 aliphatic carbocycles. The maximum absolute atomic E-state index is 5.21. The van der Waals surface area contributed by atoms with Gasteiger partial charge in [0.1, 0.15) is 0 Å². The van der Waals surface area contributed by atoms with Crippen LogP contribution in [0.2, 0.25) is 12.6 Å². The Morgan fingerprint density at radius 2 is 1.80 bits per heavy atom. The summed E-state index contributed by atoms with van der Waals surface area (Å²) in [7, 11) is 1.78. The van der Waals surface area contributed by atoms with Gasteiger partial charge in [-0.3, -0.25) is 0 Å². The lowest BCUT2D eigenvalue weighted by atomic mass is 9.57. The van der Waals surface area contributed by atoms with Crippen LogP contribution in [0.25, 0.3) is 0 Å². The van der Waals surface area contributed by atoms with E-state index in [0.717, 1.165) is 5.92 Å². The van der Waals surface area contributed by atoms with Crippen molar-refractivity contribution >= 4 is 6.92 Å². The van der Waals surface area contributed by atoms with Gasteiger partial charge in [-0.15, -0.1) is 0 Å². The Bertz CT molecular complexity index is 83.3. The zero-order valence-electron chi connectivity index (χ0n) is 7.85. The van der Waals surface area contributed by atoms with E-state index >= 15 is 0 Å². The van der Waals surface area contributed by atoms with Crippen molar-refractivity contribution < 1.29 is 4.65 Å². The first-order valence-electron chi connectivity index (χ1n) is 4.10. The van der Waals surface area contributed by atoms with Crippen LogP contribution in [0.3, 0.4) is 0 Å². The molecule has 0 aliphatic rings. The molecule has 1 unspecified atom stereocenters. The first kappa shape index (κ1) is 10.0. The van der Waals surface area contributed by atoms with Gasteiger partial charge in [0.25, 0.3) is 6.92 Å². The summed E-state index contributed by atoms with van der Waals surface area (Å²) in [5.41, 5.74) is 0. The van der Waals surface area contributed by atoms with Gasteiger partial charge in [0.2, 0.25) is 0 Å². The molecule has 0 bridgehead atoms. The third-order valence-corrected chi connectivity index (χ3v) is 2.02. The molecule has 1 atom stereocenters. The first-order valence-corrected chi connectivity index (χ1v) is 4.10. The fraction of sp³-hybridized carbons (Fsp3) is 1.00. The van der Waals surface area contributed by atoms with E-state index in [1.807, 2.05) is 0 Å². The van der Waals surface area contributed by atoms with Crippen molar-refractivity contribution in [1.82, 2.24) is 0 Å². The van der Waals surface area contributed by atoms with E-state index in [1.54, 1.807) is 7.11 Å². The summed E-state index contributed by atoms with van der Waals surface area (Å²) in [6.07, 6.45) is 1.26. The predicted octanol–water partition coefficient (Wildman–Crippen LogP) is 2.69. The molecule has 0 radical (unpaired) electrons. The van der Waals surface area contributed by atoms with Crippen LogP contribution in [0.4, 0.5) is 0 Å². The SMILES string of the molecule is COB(C)C(C)CC(C)C. The molecule has 0 spiro atoms. The highest BCUT2D eigenvalue weighted by molar-refractivity contribution is 6.51. The summed E-state index contributed by atoms with van der Waals surface area (Å²) in [6, 6.07) is 0. The number of hydrogen-bond acceptors (Lipinski definition) is 1. The zero-order valence-corrected chi connectivity index (χ0v) is 7.85. The van der Waals surface area contributed by atoms with Gasteiger partial charge in [-0.1, -0.05) is 34.0 Å². The van der Waals surface area contributed by atoms with Gasteiger partial charge in [-0.2, -0.15) is 0 Å². The molecule has 2 heteroatoms. The molecule has 0 aromatic carbocycles. The largest absolute Gasteiger partial charge is 0.439 e. The summed E-state index contributed by atoms with van der Waals surface area (Å²) in [4.78, 5) is 0. The minimum absolute atomic E-state index is 0.405. The highest BCUT2D eigenvalue weighted by Crippen LogP contribution is 2.19. The standard InChI is InChI=1S/C8H19BO/c1-7(2)6-8(3)9(4)10-5/h7-8H,6H2,1-5H3. The molecule has 1 nitrogen and oxygen atoms in total. The van der Waals surface area contributed by atoms with Gasteiger partial charge < -0.3 is 4.65 Å². The van der Waals surface area contributed by atoms with Crippen molar-refractivity contribution in [1.29, 1.82) is 0 Å². The van der Waals surface area contributed by atoms with Gasteiger partial charge in [0.05, 0.1) is 0 Å². The van der Waals surface area contributed by atoms with Crippen LogP contribution < -0.4 is 0 Å². The molecule has 0 fully saturated rings. The van der Waals surface area contributed by atoms with E-state index in [4.69, 9.17) is 4.65 Å². The Kier molecular flexibility index (Phi) is 4.79. The number of hydrogen-bond donors (Lipinski definition) is 0. The lowest BCUT2D eigenvalue weighted by Gasteiger charge is -2.16. The van der Waals surface area contributed by atoms with Crippen LogP contribution in [-0.4, -0.2) is 14.0 Å². The molecule has 0 amide bonds. The molecule has 0 rings (SSSR count). The zero-order chi connectivity index (χ0) is 8.15. The summed E-state index contributed by atoms with van der Waals surface area (Å²) in [5.74, 6) is 1.47. The van der Waals surface area contributed by atoms with Crippen LogP contribution in [0, 0.1) is 5.92 Å². The van der Waals surface area contributed by atoms with Crippen LogP contribution >= 0.6 is 0 Å². The highest BCUT2D eigenvalue weighted by Gasteiger charge is 2.16. The van der Waals surface area contributed by atoms with E-state index in [0.29, 0.717) is 12.7 Å². The summed E-state index contributed by atoms with van der Waals surface area (Å²) in [6.45, 7) is 9.28. The maximum Gasteiger partial charge on any atom is 0.292 e. The van der Waals surface area contributed by atoms with E-state index < -0.39 is 0 Å². The average Bonchev–Trinajstić information content (AvgIpc) is 1.85.